The number of nitrogens with zero attached hydrogens (tertiary/aromatic N) is 1. The van der Waals surface area contributed by atoms with E-state index in [0.717, 1.165) is 13.1 Å². The number of amides is 1. The van der Waals surface area contributed by atoms with Crippen molar-refractivity contribution in [3.8, 4) is 0 Å². The number of anilines is 1. The predicted octanol–water partition coefficient (Wildman–Crippen LogP) is 1.22. The van der Waals surface area contributed by atoms with Gasteiger partial charge in [0.15, 0.2) is 5.78 Å². The van der Waals surface area contributed by atoms with Crippen LogP contribution in [-0.4, -0.2) is 49.4 Å². The van der Waals surface area contributed by atoms with Crippen molar-refractivity contribution in [3.63, 3.8) is 0 Å². The molecule has 98 valence electrons. The SMILES string of the molecule is CC(=O)c1sccc1NC(=O)CN1CCOCC1. The molecule has 1 N–H and O–H groups in total. The lowest BCUT2D eigenvalue weighted by molar-refractivity contribution is -0.118. The van der Waals surface area contributed by atoms with Crippen LogP contribution in [0.5, 0.6) is 0 Å². The van der Waals surface area contributed by atoms with Gasteiger partial charge in [-0.3, -0.25) is 14.5 Å². The Labute approximate surface area is 110 Å². The summed E-state index contributed by atoms with van der Waals surface area (Å²) in [6.07, 6.45) is 0. The van der Waals surface area contributed by atoms with Crippen molar-refractivity contribution in [3.05, 3.63) is 16.3 Å². The average molecular weight is 268 g/mol. The number of nitrogens with one attached hydrogen (secondary N) is 1. The maximum absolute atomic E-state index is 11.9. The molecule has 2 heterocycles. The summed E-state index contributed by atoms with van der Waals surface area (Å²) in [5.41, 5.74) is 0.616. The summed E-state index contributed by atoms with van der Waals surface area (Å²) >= 11 is 1.35. The van der Waals surface area contributed by atoms with Gasteiger partial charge in [-0.1, -0.05) is 0 Å². The van der Waals surface area contributed by atoms with E-state index in [4.69, 9.17) is 4.74 Å². The van der Waals surface area contributed by atoms with Gasteiger partial charge in [-0.2, -0.15) is 0 Å². The summed E-state index contributed by atoms with van der Waals surface area (Å²) in [4.78, 5) is 25.8. The molecule has 1 aliphatic heterocycles. The molecule has 1 fully saturated rings. The van der Waals surface area contributed by atoms with Crippen LogP contribution >= 0.6 is 11.3 Å². The van der Waals surface area contributed by atoms with Gasteiger partial charge in [0.05, 0.1) is 30.3 Å². The minimum absolute atomic E-state index is 0.0216. The van der Waals surface area contributed by atoms with Crippen molar-refractivity contribution in [2.75, 3.05) is 38.2 Å². The zero-order chi connectivity index (χ0) is 13.0. The fraction of sp³-hybridized carbons (Fsp3) is 0.500. The number of ether oxygens (including phenoxy) is 1. The molecule has 0 spiro atoms. The van der Waals surface area contributed by atoms with Crippen molar-refractivity contribution in [2.24, 2.45) is 0 Å². The fourth-order valence-corrected chi connectivity index (χ4v) is 2.58. The van der Waals surface area contributed by atoms with Crippen LogP contribution in [-0.2, 0) is 9.53 Å². The van der Waals surface area contributed by atoms with Crippen molar-refractivity contribution < 1.29 is 14.3 Å². The Balaban J connectivity index is 1.90. The van der Waals surface area contributed by atoms with Crippen LogP contribution in [0, 0.1) is 0 Å². The first-order valence-electron chi connectivity index (χ1n) is 5.85. The third-order valence-corrected chi connectivity index (χ3v) is 3.75. The molecule has 1 amide bonds. The number of thiophene rings is 1. The van der Waals surface area contributed by atoms with Crippen LogP contribution in [0.4, 0.5) is 5.69 Å². The van der Waals surface area contributed by atoms with Gasteiger partial charge in [0.1, 0.15) is 0 Å². The number of hydrogen-bond acceptors (Lipinski definition) is 5. The van der Waals surface area contributed by atoms with Gasteiger partial charge in [0.25, 0.3) is 0 Å². The van der Waals surface area contributed by atoms with Gasteiger partial charge in [0, 0.05) is 20.0 Å². The Morgan fingerprint density at radius 2 is 2.17 bits per heavy atom. The van der Waals surface area contributed by atoms with Crippen LogP contribution < -0.4 is 5.32 Å². The number of carbonyl (C=O) groups is 2. The zero-order valence-corrected chi connectivity index (χ0v) is 11.1. The van der Waals surface area contributed by atoms with Crippen molar-refractivity contribution >= 4 is 28.7 Å². The minimum Gasteiger partial charge on any atom is -0.379 e. The summed E-state index contributed by atoms with van der Waals surface area (Å²) in [5.74, 6) is -0.107. The van der Waals surface area contributed by atoms with E-state index in [1.54, 1.807) is 11.4 Å². The minimum atomic E-state index is -0.0854. The Bertz CT molecular complexity index is 438. The summed E-state index contributed by atoms with van der Waals surface area (Å²) in [5, 5.41) is 4.59. The average Bonchev–Trinajstić information content (AvgIpc) is 2.78. The predicted molar refractivity (Wildman–Crippen MR) is 70.2 cm³/mol. The molecule has 1 aromatic rings. The van der Waals surface area contributed by atoms with E-state index in [0.29, 0.717) is 30.3 Å². The smallest absolute Gasteiger partial charge is 0.238 e. The molecule has 18 heavy (non-hydrogen) atoms. The Hall–Kier alpha value is -1.24. The van der Waals surface area contributed by atoms with E-state index >= 15 is 0 Å². The highest BCUT2D eigenvalue weighted by Crippen LogP contribution is 2.22. The van der Waals surface area contributed by atoms with E-state index < -0.39 is 0 Å². The molecule has 6 heteroatoms. The van der Waals surface area contributed by atoms with Crippen LogP contribution in [0.15, 0.2) is 11.4 Å². The van der Waals surface area contributed by atoms with Crippen LogP contribution in [0.3, 0.4) is 0 Å². The van der Waals surface area contributed by atoms with Gasteiger partial charge in [0.2, 0.25) is 5.91 Å². The summed E-state index contributed by atoms with van der Waals surface area (Å²) in [6, 6.07) is 1.76. The fourth-order valence-electron chi connectivity index (χ4n) is 1.83. The quantitative estimate of drug-likeness (QED) is 0.834. The van der Waals surface area contributed by atoms with Crippen molar-refractivity contribution in [1.82, 2.24) is 4.90 Å². The lowest BCUT2D eigenvalue weighted by atomic mass is 10.3. The normalized spacial score (nSPS) is 16.5. The number of Topliss-reactive ketones (excluding diaryl/α,β-unsaturated/α-hetero) is 1. The Kier molecular flexibility index (Phi) is 4.46. The molecule has 0 saturated carbocycles. The third-order valence-electron chi connectivity index (χ3n) is 2.73. The highest BCUT2D eigenvalue weighted by molar-refractivity contribution is 7.12. The molecule has 5 nitrogen and oxygen atoms in total. The maximum atomic E-state index is 11.9. The number of rotatable bonds is 4. The molecule has 0 aromatic carbocycles. The van der Waals surface area contributed by atoms with Gasteiger partial charge >= 0.3 is 0 Å². The first-order chi connectivity index (χ1) is 8.66. The number of morpholine rings is 1. The molecule has 0 unspecified atom stereocenters. The highest BCUT2D eigenvalue weighted by atomic mass is 32.1. The molecular formula is C12H16N2O3S. The molecule has 0 bridgehead atoms. The third kappa shape index (κ3) is 3.38. The topological polar surface area (TPSA) is 58.6 Å². The summed E-state index contributed by atoms with van der Waals surface area (Å²) < 4.78 is 5.22. The standard InChI is InChI=1S/C12H16N2O3S/c1-9(15)12-10(2-7-18-12)13-11(16)8-14-3-5-17-6-4-14/h2,7H,3-6,8H2,1H3,(H,13,16). The Morgan fingerprint density at radius 3 is 2.83 bits per heavy atom. The van der Waals surface area contributed by atoms with Crippen LogP contribution in [0.2, 0.25) is 0 Å². The summed E-state index contributed by atoms with van der Waals surface area (Å²) in [6.45, 7) is 4.74. The first-order valence-corrected chi connectivity index (χ1v) is 6.73. The van der Waals surface area contributed by atoms with Crippen molar-refractivity contribution in [2.45, 2.75) is 6.92 Å². The number of hydrogen-bond donors (Lipinski definition) is 1. The second kappa shape index (κ2) is 6.08. The lowest BCUT2D eigenvalue weighted by Crippen LogP contribution is -2.41. The van der Waals surface area contributed by atoms with E-state index in [9.17, 15) is 9.59 Å². The van der Waals surface area contributed by atoms with E-state index in [1.807, 2.05) is 4.90 Å². The highest BCUT2D eigenvalue weighted by Gasteiger charge is 2.16. The maximum Gasteiger partial charge on any atom is 0.238 e. The van der Waals surface area contributed by atoms with E-state index in [2.05, 4.69) is 5.32 Å². The molecule has 1 saturated heterocycles. The lowest BCUT2D eigenvalue weighted by Gasteiger charge is -2.25. The largest absolute Gasteiger partial charge is 0.379 e. The van der Waals surface area contributed by atoms with Gasteiger partial charge in [-0.25, -0.2) is 0 Å². The summed E-state index contributed by atoms with van der Waals surface area (Å²) in [7, 11) is 0. The zero-order valence-electron chi connectivity index (χ0n) is 10.3. The molecule has 2 rings (SSSR count). The number of carbonyl (C=O) groups excluding carboxylic acids is 2. The molecule has 1 aromatic heterocycles. The number of ketones is 1. The van der Waals surface area contributed by atoms with Crippen LogP contribution in [0.1, 0.15) is 16.6 Å². The molecule has 0 radical (unpaired) electrons. The van der Waals surface area contributed by atoms with Crippen LogP contribution in [0.25, 0.3) is 0 Å². The van der Waals surface area contributed by atoms with Gasteiger partial charge in [-0.05, 0) is 11.4 Å². The molecule has 1 aliphatic rings. The van der Waals surface area contributed by atoms with Crippen molar-refractivity contribution in [1.29, 1.82) is 0 Å². The van der Waals surface area contributed by atoms with E-state index in [1.165, 1.54) is 18.3 Å². The van der Waals surface area contributed by atoms with Gasteiger partial charge < -0.3 is 10.1 Å². The first kappa shape index (κ1) is 13.2. The second-order valence-electron chi connectivity index (χ2n) is 4.16. The second-order valence-corrected chi connectivity index (χ2v) is 5.07. The molecule has 0 aliphatic carbocycles. The van der Waals surface area contributed by atoms with Gasteiger partial charge in [-0.15, -0.1) is 11.3 Å². The molecule has 0 atom stereocenters. The monoisotopic (exact) mass is 268 g/mol. The molecular weight excluding hydrogens is 252 g/mol. The Morgan fingerprint density at radius 1 is 1.44 bits per heavy atom. The van der Waals surface area contributed by atoms with E-state index in [-0.39, 0.29) is 11.7 Å².